The molecule has 2 saturated heterocycles. The largest absolute Gasteiger partial charge is 0.508 e. The van der Waals surface area contributed by atoms with Crippen molar-refractivity contribution in [3.8, 4) is 5.75 Å². The van der Waals surface area contributed by atoms with E-state index in [0.29, 0.717) is 17.3 Å². The van der Waals surface area contributed by atoms with Crippen LogP contribution in [-0.2, 0) is 0 Å². The molecular weight excluding hydrogens is 242 g/mol. The van der Waals surface area contributed by atoms with E-state index in [1.165, 1.54) is 18.6 Å². The molecule has 1 aromatic rings. The summed E-state index contributed by atoms with van der Waals surface area (Å²) in [5, 5.41) is 12.5. The number of carbonyl (C=O) groups is 1. The summed E-state index contributed by atoms with van der Waals surface area (Å²) < 4.78 is 0. The highest BCUT2D eigenvalue weighted by atomic mass is 16.3. The van der Waals surface area contributed by atoms with Crippen molar-refractivity contribution < 1.29 is 9.90 Å². The number of anilines is 1. The number of nitrogen functional groups attached to an aromatic ring is 1. The van der Waals surface area contributed by atoms with Gasteiger partial charge in [-0.25, -0.2) is 0 Å². The van der Waals surface area contributed by atoms with Crippen LogP contribution in [0, 0.1) is 0 Å². The first kappa shape index (κ1) is 12.3. The molecule has 2 aliphatic rings. The van der Waals surface area contributed by atoms with Gasteiger partial charge in [-0.1, -0.05) is 0 Å². The summed E-state index contributed by atoms with van der Waals surface area (Å²) in [6.07, 6.45) is 3.36. The summed E-state index contributed by atoms with van der Waals surface area (Å²) in [5.74, 6) is -0.125. The second-order valence-electron chi connectivity index (χ2n) is 5.39. The van der Waals surface area contributed by atoms with Crippen LogP contribution in [0.15, 0.2) is 18.2 Å². The van der Waals surface area contributed by atoms with Crippen LogP contribution in [0.1, 0.15) is 29.6 Å². The topological polar surface area (TPSA) is 78.6 Å². The number of phenolic OH excluding ortho intramolecular Hbond substituents is 1. The van der Waals surface area contributed by atoms with E-state index in [4.69, 9.17) is 5.73 Å². The van der Waals surface area contributed by atoms with Crippen LogP contribution in [0.25, 0.3) is 0 Å². The Bertz CT molecular complexity index is 503. The van der Waals surface area contributed by atoms with Crippen LogP contribution >= 0.6 is 0 Å². The number of nitrogens with zero attached hydrogens (tertiary/aromatic N) is 1. The van der Waals surface area contributed by atoms with Crippen molar-refractivity contribution >= 4 is 11.6 Å². The number of amides is 1. The molecule has 3 rings (SSSR count). The zero-order valence-electron chi connectivity index (χ0n) is 10.8. The maximum atomic E-state index is 12.2. The molecule has 0 radical (unpaired) electrons. The molecule has 1 amide bonds. The van der Waals surface area contributed by atoms with Gasteiger partial charge >= 0.3 is 0 Å². The van der Waals surface area contributed by atoms with Gasteiger partial charge in [-0.3, -0.25) is 9.69 Å². The molecule has 5 heteroatoms. The van der Waals surface area contributed by atoms with Gasteiger partial charge in [0, 0.05) is 24.3 Å². The normalized spacial score (nSPS) is 26.3. The maximum absolute atomic E-state index is 12.2. The van der Waals surface area contributed by atoms with Gasteiger partial charge in [0.05, 0.1) is 5.56 Å². The zero-order chi connectivity index (χ0) is 13.4. The first-order valence-electron chi connectivity index (χ1n) is 6.78. The first-order valence-corrected chi connectivity index (χ1v) is 6.78. The van der Waals surface area contributed by atoms with Crippen LogP contribution in [0.4, 0.5) is 5.69 Å². The molecule has 4 N–H and O–H groups in total. The van der Waals surface area contributed by atoms with Crippen molar-refractivity contribution in [2.45, 2.75) is 31.3 Å². The van der Waals surface area contributed by atoms with Gasteiger partial charge in [-0.05, 0) is 44.0 Å². The Labute approximate surface area is 112 Å². The number of carbonyl (C=O) groups excluding carboxylic acids is 1. The summed E-state index contributed by atoms with van der Waals surface area (Å²) >= 11 is 0. The van der Waals surface area contributed by atoms with E-state index in [1.54, 1.807) is 6.07 Å². The third-order valence-electron chi connectivity index (χ3n) is 4.20. The molecule has 2 atom stereocenters. The van der Waals surface area contributed by atoms with Crippen molar-refractivity contribution in [1.29, 1.82) is 0 Å². The van der Waals surface area contributed by atoms with Crippen molar-refractivity contribution in [3.05, 3.63) is 23.8 Å². The van der Waals surface area contributed by atoms with Gasteiger partial charge in [-0.2, -0.15) is 0 Å². The average molecular weight is 261 g/mol. The molecule has 2 aliphatic heterocycles. The van der Waals surface area contributed by atoms with Gasteiger partial charge in [0.2, 0.25) is 0 Å². The fraction of sp³-hybridized carbons (Fsp3) is 0.500. The molecule has 2 heterocycles. The van der Waals surface area contributed by atoms with E-state index in [2.05, 4.69) is 10.2 Å². The molecule has 0 bridgehead atoms. The Hall–Kier alpha value is -1.75. The second-order valence-corrected chi connectivity index (χ2v) is 5.39. The van der Waals surface area contributed by atoms with Gasteiger partial charge in [0.15, 0.2) is 0 Å². The second kappa shape index (κ2) is 4.74. The highest BCUT2D eigenvalue weighted by Gasteiger charge is 2.37. The van der Waals surface area contributed by atoms with Crippen molar-refractivity contribution in [1.82, 2.24) is 10.2 Å². The standard InChI is InChI=1S/C14H19N3O2/c15-11-4-3-9(18)8-10(11)14(19)16-12-5-7-17-6-1-2-13(12)17/h3-4,8,12-13,18H,1-2,5-7,15H2,(H,16,19). The van der Waals surface area contributed by atoms with Crippen molar-refractivity contribution in [3.63, 3.8) is 0 Å². The molecule has 5 nitrogen and oxygen atoms in total. The number of rotatable bonds is 2. The minimum absolute atomic E-state index is 0.0632. The summed E-state index contributed by atoms with van der Waals surface area (Å²) in [6.45, 7) is 2.20. The smallest absolute Gasteiger partial charge is 0.253 e. The van der Waals surface area contributed by atoms with Crippen LogP contribution in [0.2, 0.25) is 0 Å². The van der Waals surface area contributed by atoms with E-state index in [9.17, 15) is 9.90 Å². The minimum atomic E-state index is -0.188. The number of phenols is 1. The minimum Gasteiger partial charge on any atom is -0.508 e. The van der Waals surface area contributed by atoms with Crippen LogP contribution in [-0.4, -0.2) is 41.1 Å². The number of nitrogens with two attached hydrogens (primary N) is 1. The lowest BCUT2D eigenvalue weighted by atomic mass is 10.1. The number of hydrogen-bond donors (Lipinski definition) is 3. The summed E-state index contributed by atoms with van der Waals surface area (Å²) in [6, 6.07) is 5.15. The van der Waals surface area contributed by atoms with Crippen LogP contribution < -0.4 is 11.1 Å². The predicted molar refractivity (Wildman–Crippen MR) is 73.0 cm³/mol. The summed E-state index contributed by atoms with van der Waals surface area (Å²) in [7, 11) is 0. The highest BCUT2D eigenvalue weighted by Crippen LogP contribution is 2.28. The molecular formula is C14H19N3O2. The number of nitrogens with one attached hydrogen (secondary N) is 1. The SMILES string of the molecule is Nc1ccc(O)cc1C(=O)NC1CCN2CCCC12. The Morgan fingerprint density at radius 3 is 3.05 bits per heavy atom. The van der Waals surface area contributed by atoms with Crippen molar-refractivity contribution in [2.75, 3.05) is 18.8 Å². The van der Waals surface area contributed by atoms with Crippen molar-refractivity contribution in [2.24, 2.45) is 0 Å². The number of fused-ring (bicyclic) bond motifs is 1. The fourth-order valence-corrected chi connectivity index (χ4v) is 3.24. The molecule has 0 aliphatic carbocycles. The van der Waals surface area contributed by atoms with Gasteiger partial charge in [-0.15, -0.1) is 0 Å². The Balaban J connectivity index is 1.73. The molecule has 0 saturated carbocycles. The fourth-order valence-electron chi connectivity index (χ4n) is 3.24. The summed E-state index contributed by atoms with van der Waals surface area (Å²) in [4.78, 5) is 14.7. The molecule has 1 aromatic carbocycles. The van der Waals surface area contributed by atoms with Crippen LogP contribution in [0.3, 0.4) is 0 Å². The molecule has 2 fully saturated rings. The number of hydrogen-bond acceptors (Lipinski definition) is 4. The van der Waals surface area contributed by atoms with Gasteiger partial charge in [0.25, 0.3) is 5.91 Å². The molecule has 19 heavy (non-hydrogen) atoms. The van der Waals surface area contributed by atoms with E-state index < -0.39 is 0 Å². The van der Waals surface area contributed by atoms with E-state index in [-0.39, 0.29) is 17.7 Å². The Kier molecular flexibility index (Phi) is 3.06. The first-order chi connectivity index (χ1) is 9.15. The summed E-state index contributed by atoms with van der Waals surface area (Å²) in [5.41, 5.74) is 6.55. The zero-order valence-corrected chi connectivity index (χ0v) is 10.8. The Morgan fingerprint density at radius 1 is 1.37 bits per heavy atom. The maximum Gasteiger partial charge on any atom is 0.253 e. The Morgan fingerprint density at radius 2 is 2.21 bits per heavy atom. The van der Waals surface area contributed by atoms with E-state index in [0.717, 1.165) is 25.9 Å². The van der Waals surface area contributed by atoms with Gasteiger partial charge < -0.3 is 16.2 Å². The molecule has 0 aromatic heterocycles. The average Bonchev–Trinajstić information content (AvgIpc) is 2.97. The highest BCUT2D eigenvalue weighted by molar-refractivity contribution is 5.99. The quantitative estimate of drug-likeness (QED) is 0.547. The van der Waals surface area contributed by atoms with E-state index in [1.807, 2.05) is 0 Å². The monoisotopic (exact) mass is 261 g/mol. The molecule has 2 unspecified atom stereocenters. The van der Waals surface area contributed by atoms with E-state index >= 15 is 0 Å². The third kappa shape index (κ3) is 2.26. The lowest BCUT2D eigenvalue weighted by molar-refractivity contribution is 0.0930. The van der Waals surface area contributed by atoms with Gasteiger partial charge in [0.1, 0.15) is 5.75 Å². The molecule has 102 valence electrons. The lowest BCUT2D eigenvalue weighted by Gasteiger charge is -2.21. The predicted octanol–water partition coefficient (Wildman–Crippen LogP) is 0.941. The number of aromatic hydroxyl groups is 1. The third-order valence-corrected chi connectivity index (χ3v) is 4.20. The molecule has 0 spiro atoms. The number of benzene rings is 1. The van der Waals surface area contributed by atoms with Crippen LogP contribution in [0.5, 0.6) is 5.75 Å². The lowest BCUT2D eigenvalue weighted by Crippen LogP contribution is -2.42.